The van der Waals surface area contributed by atoms with Crippen LogP contribution in [0, 0.1) is 0 Å². The average molecular weight is 242 g/mol. The number of rotatable bonds is 4. The van der Waals surface area contributed by atoms with E-state index in [9.17, 15) is 9.59 Å². The van der Waals surface area contributed by atoms with Crippen molar-refractivity contribution in [3.63, 3.8) is 0 Å². The molecular formula is C11H12ClNO3. The average Bonchev–Trinajstić information content (AvgIpc) is 2.21. The quantitative estimate of drug-likeness (QED) is 0.839. The van der Waals surface area contributed by atoms with E-state index in [4.69, 9.17) is 16.7 Å². The van der Waals surface area contributed by atoms with Gasteiger partial charge in [-0.2, -0.15) is 0 Å². The third kappa shape index (κ3) is 3.55. The summed E-state index contributed by atoms with van der Waals surface area (Å²) in [6, 6.07) is 6.06. The summed E-state index contributed by atoms with van der Waals surface area (Å²) in [5, 5.41) is 11.5. The number of carboxylic acid groups (broad SMARTS) is 1. The van der Waals surface area contributed by atoms with Gasteiger partial charge in [0.25, 0.3) is 0 Å². The largest absolute Gasteiger partial charge is 0.480 e. The van der Waals surface area contributed by atoms with E-state index in [1.165, 1.54) is 6.92 Å². The van der Waals surface area contributed by atoms with E-state index >= 15 is 0 Å². The Bertz CT molecular complexity index is 406. The zero-order valence-corrected chi connectivity index (χ0v) is 9.49. The van der Waals surface area contributed by atoms with Crippen LogP contribution in [0.1, 0.15) is 12.5 Å². The smallest absolute Gasteiger partial charge is 0.325 e. The molecule has 0 heterocycles. The Labute approximate surface area is 98.2 Å². The Hall–Kier alpha value is -1.55. The third-order valence-electron chi connectivity index (χ3n) is 2.06. The molecule has 0 saturated carbocycles. The molecule has 0 aliphatic rings. The van der Waals surface area contributed by atoms with Crippen molar-refractivity contribution >= 4 is 23.5 Å². The van der Waals surface area contributed by atoms with E-state index in [-0.39, 0.29) is 12.3 Å². The second-order valence-electron chi connectivity index (χ2n) is 3.40. The molecule has 0 unspecified atom stereocenters. The highest BCUT2D eigenvalue weighted by Gasteiger charge is 2.14. The fourth-order valence-corrected chi connectivity index (χ4v) is 1.37. The Kier molecular flexibility index (Phi) is 4.31. The van der Waals surface area contributed by atoms with Gasteiger partial charge in [0, 0.05) is 5.02 Å². The SMILES string of the molecule is C[C@@H](NC(=O)Cc1ccccc1Cl)C(=O)O. The summed E-state index contributed by atoms with van der Waals surface area (Å²) >= 11 is 5.87. The number of carbonyl (C=O) groups is 2. The van der Waals surface area contributed by atoms with Gasteiger partial charge in [0.15, 0.2) is 0 Å². The van der Waals surface area contributed by atoms with Crippen molar-refractivity contribution in [2.45, 2.75) is 19.4 Å². The summed E-state index contributed by atoms with van der Waals surface area (Å²) in [4.78, 5) is 22.0. The van der Waals surface area contributed by atoms with Crippen LogP contribution in [-0.2, 0) is 16.0 Å². The number of hydrogen-bond donors (Lipinski definition) is 2. The van der Waals surface area contributed by atoms with Gasteiger partial charge < -0.3 is 10.4 Å². The minimum atomic E-state index is -1.06. The topological polar surface area (TPSA) is 66.4 Å². The van der Waals surface area contributed by atoms with Crippen molar-refractivity contribution in [1.82, 2.24) is 5.32 Å². The number of carbonyl (C=O) groups excluding carboxylic acids is 1. The predicted octanol–water partition coefficient (Wildman–Crippen LogP) is 1.47. The van der Waals surface area contributed by atoms with Gasteiger partial charge >= 0.3 is 5.97 Å². The maximum atomic E-state index is 11.4. The molecule has 5 heteroatoms. The summed E-state index contributed by atoms with van der Waals surface area (Å²) < 4.78 is 0. The molecule has 86 valence electrons. The van der Waals surface area contributed by atoms with Crippen LogP contribution >= 0.6 is 11.6 Å². The lowest BCUT2D eigenvalue weighted by Crippen LogP contribution is -2.39. The molecular weight excluding hydrogens is 230 g/mol. The lowest BCUT2D eigenvalue weighted by molar-refractivity contribution is -0.141. The molecule has 1 aromatic carbocycles. The summed E-state index contributed by atoms with van der Waals surface area (Å²) in [7, 11) is 0. The lowest BCUT2D eigenvalue weighted by atomic mass is 10.1. The maximum absolute atomic E-state index is 11.4. The molecule has 0 radical (unpaired) electrons. The molecule has 0 fully saturated rings. The van der Waals surface area contributed by atoms with Crippen molar-refractivity contribution in [2.24, 2.45) is 0 Å². The van der Waals surface area contributed by atoms with Gasteiger partial charge in [0.05, 0.1) is 6.42 Å². The van der Waals surface area contributed by atoms with Crippen LogP contribution < -0.4 is 5.32 Å². The first-order valence-electron chi connectivity index (χ1n) is 4.76. The number of aliphatic carboxylic acids is 1. The zero-order valence-electron chi connectivity index (χ0n) is 8.74. The Morgan fingerprint density at radius 3 is 2.62 bits per heavy atom. The maximum Gasteiger partial charge on any atom is 0.325 e. The van der Waals surface area contributed by atoms with Crippen LogP contribution in [0.4, 0.5) is 0 Å². The number of benzene rings is 1. The molecule has 1 aromatic rings. The van der Waals surface area contributed by atoms with Gasteiger partial charge in [0.1, 0.15) is 6.04 Å². The van der Waals surface area contributed by atoms with Crippen LogP contribution in [0.25, 0.3) is 0 Å². The Balaban J connectivity index is 2.59. The van der Waals surface area contributed by atoms with Gasteiger partial charge in [-0.3, -0.25) is 9.59 Å². The number of halogens is 1. The van der Waals surface area contributed by atoms with Gasteiger partial charge in [-0.1, -0.05) is 29.8 Å². The molecule has 0 bridgehead atoms. The summed E-state index contributed by atoms with van der Waals surface area (Å²) in [5.41, 5.74) is 0.680. The molecule has 16 heavy (non-hydrogen) atoms. The monoisotopic (exact) mass is 241 g/mol. The molecule has 4 nitrogen and oxygen atoms in total. The van der Waals surface area contributed by atoms with Crippen LogP contribution in [-0.4, -0.2) is 23.0 Å². The number of carboxylic acids is 1. The molecule has 1 atom stereocenters. The third-order valence-corrected chi connectivity index (χ3v) is 2.43. The van der Waals surface area contributed by atoms with E-state index in [0.717, 1.165) is 0 Å². The number of hydrogen-bond acceptors (Lipinski definition) is 2. The molecule has 1 amide bonds. The minimum absolute atomic E-state index is 0.0806. The van der Waals surface area contributed by atoms with E-state index < -0.39 is 12.0 Å². The van der Waals surface area contributed by atoms with Gasteiger partial charge in [-0.25, -0.2) is 0 Å². The number of amides is 1. The predicted molar refractivity (Wildman–Crippen MR) is 60.4 cm³/mol. The van der Waals surface area contributed by atoms with Crippen LogP contribution in [0.3, 0.4) is 0 Å². The first-order chi connectivity index (χ1) is 7.50. The van der Waals surface area contributed by atoms with E-state index in [1.807, 2.05) is 0 Å². The molecule has 2 N–H and O–H groups in total. The summed E-state index contributed by atoms with van der Waals surface area (Å²) in [6.45, 7) is 1.41. The van der Waals surface area contributed by atoms with Gasteiger partial charge in [-0.05, 0) is 18.6 Å². The van der Waals surface area contributed by atoms with Crippen LogP contribution in [0.15, 0.2) is 24.3 Å². The van der Waals surface area contributed by atoms with Gasteiger partial charge in [0.2, 0.25) is 5.91 Å². The molecule has 0 aromatic heterocycles. The highest BCUT2D eigenvalue weighted by molar-refractivity contribution is 6.31. The molecule has 0 aliphatic carbocycles. The van der Waals surface area contributed by atoms with Crippen molar-refractivity contribution < 1.29 is 14.7 Å². The van der Waals surface area contributed by atoms with Gasteiger partial charge in [-0.15, -0.1) is 0 Å². The fraction of sp³-hybridized carbons (Fsp3) is 0.273. The van der Waals surface area contributed by atoms with Crippen molar-refractivity contribution in [3.8, 4) is 0 Å². The van der Waals surface area contributed by atoms with Crippen molar-refractivity contribution in [1.29, 1.82) is 0 Å². The van der Waals surface area contributed by atoms with E-state index in [1.54, 1.807) is 24.3 Å². The fourth-order valence-electron chi connectivity index (χ4n) is 1.17. The molecule has 1 rings (SSSR count). The highest BCUT2D eigenvalue weighted by atomic mass is 35.5. The van der Waals surface area contributed by atoms with Crippen molar-refractivity contribution in [3.05, 3.63) is 34.9 Å². The first-order valence-corrected chi connectivity index (χ1v) is 5.14. The Morgan fingerprint density at radius 2 is 2.06 bits per heavy atom. The highest BCUT2D eigenvalue weighted by Crippen LogP contribution is 2.15. The second kappa shape index (κ2) is 5.51. The second-order valence-corrected chi connectivity index (χ2v) is 3.80. The normalized spacial score (nSPS) is 11.9. The molecule has 0 spiro atoms. The minimum Gasteiger partial charge on any atom is -0.480 e. The summed E-state index contributed by atoms with van der Waals surface area (Å²) in [6.07, 6.45) is 0.0806. The molecule has 0 aliphatic heterocycles. The standard InChI is InChI=1S/C11H12ClNO3/c1-7(11(15)16)13-10(14)6-8-4-2-3-5-9(8)12/h2-5,7H,6H2,1H3,(H,13,14)(H,15,16)/t7-/m1/s1. The lowest BCUT2D eigenvalue weighted by Gasteiger charge is -2.09. The zero-order chi connectivity index (χ0) is 12.1. The Morgan fingerprint density at radius 1 is 1.44 bits per heavy atom. The summed E-state index contributed by atoms with van der Waals surface area (Å²) in [5.74, 6) is -1.42. The van der Waals surface area contributed by atoms with Crippen molar-refractivity contribution in [2.75, 3.05) is 0 Å². The van der Waals surface area contributed by atoms with E-state index in [0.29, 0.717) is 10.6 Å². The number of nitrogens with one attached hydrogen (secondary N) is 1. The van der Waals surface area contributed by atoms with E-state index in [2.05, 4.69) is 5.32 Å². The molecule has 0 saturated heterocycles. The van der Waals surface area contributed by atoms with Crippen LogP contribution in [0.5, 0.6) is 0 Å². The first kappa shape index (κ1) is 12.5. The van der Waals surface area contributed by atoms with Crippen LogP contribution in [0.2, 0.25) is 5.02 Å².